The van der Waals surface area contributed by atoms with Crippen molar-refractivity contribution in [3.05, 3.63) is 17.8 Å². The van der Waals surface area contributed by atoms with Gasteiger partial charge in [0.2, 0.25) is 0 Å². The van der Waals surface area contributed by atoms with Gasteiger partial charge in [-0.3, -0.25) is 0 Å². The summed E-state index contributed by atoms with van der Waals surface area (Å²) in [7, 11) is 1.58. The number of carbonyl (C=O) groups excluding carboxylic acids is 1. The van der Waals surface area contributed by atoms with E-state index in [1.165, 1.54) is 4.68 Å². The van der Waals surface area contributed by atoms with E-state index in [0.29, 0.717) is 22.8 Å². The summed E-state index contributed by atoms with van der Waals surface area (Å²) < 4.78 is 6.15. The maximum Gasteiger partial charge on any atom is 1.00 e. The summed E-state index contributed by atoms with van der Waals surface area (Å²) in [5.74, 6) is 0.138. The molecule has 2 heterocycles. The standard InChI is InChI=1S/C10H12N6O2/c1-5-6(11)3-4-7(13-5)8-9(18-10(12)17)16(2)15-14-8/h3-4H,11H2,1-2H3,(H2,12,17)/p+1. The summed E-state index contributed by atoms with van der Waals surface area (Å²) in [6, 6.07) is 3.36. The zero-order valence-corrected chi connectivity index (χ0v) is 9.91. The van der Waals surface area contributed by atoms with Crippen LogP contribution >= 0.6 is 0 Å². The predicted octanol–water partition coefficient (Wildman–Crippen LogP) is 0.338. The van der Waals surface area contributed by atoms with Gasteiger partial charge in [-0.15, -0.1) is 5.10 Å². The maximum absolute atomic E-state index is 10.8. The molecule has 0 aliphatic heterocycles. The molecule has 8 nitrogen and oxygen atoms in total. The van der Waals surface area contributed by atoms with Gasteiger partial charge in [-0.2, -0.15) is 0 Å². The molecule has 1 amide bonds. The number of ether oxygens (including phenoxy) is 1. The number of amides is 1. The molecule has 0 aliphatic carbocycles. The van der Waals surface area contributed by atoms with Crippen molar-refractivity contribution in [2.24, 2.45) is 12.8 Å². The first-order chi connectivity index (χ1) is 8.49. The second-order valence-electron chi connectivity index (χ2n) is 3.66. The minimum Gasteiger partial charge on any atom is -0.397 e. The zero-order chi connectivity index (χ0) is 13.3. The summed E-state index contributed by atoms with van der Waals surface area (Å²) in [5, 5.41) is 7.65. The van der Waals surface area contributed by atoms with Crippen LogP contribution in [0.25, 0.3) is 11.4 Å². The number of hydrogen-bond donors (Lipinski definition) is 2. The summed E-state index contributed by atoms with van der Waals surface area (Å²) in [4.78, 5) is 15.1. The molecule has 0 atom stereocenters. The van der Waals surface area contributed by atoms with E-state index >= 15 is 0 Å². The number of anilines is 1. The fraction of sp³-hybridized carbons (Fsp3) is 0.200. The number of primary amides is 1. The summed E-state index contributed by atoms with van der Waals surface area (Å²) >= 11 is 0. The second kappa shape index (κ2) is 4.32. The molecule has 0 saturated carbocycles. The van der Waals surface area contributed by atoms with Gasteiger partial charge in [0.05, 0.1) is 17.1 Å². The zero-order valence-electron chi connectivity index (χ0n) is 10.9. The molecule has 0 unspecified atom stereocenters. The van der Waals surface area contributed by atoms with E-state index in [2.05, 4.69) is 15.3 Å². The van der Waals surface area contributed by atoms with Crippen LogP contribution in [0.2, 0.25) is 0 Å². The monoisotopic (exact) mass is 249 g/mol. The predicted molar refractivity (Wildman–Crippen MR) is 64.7 cm³/mol. The van der Waals surface area contributed by atoms with E-state index in [9.17, 15) is 4.79 Å². The van der Waals surface area contributed by atoms with Gasteiger partial charge in [-0.25, -0.2) is 14.5 Å². The lowest BCUT2D eigenvalue weighted by atomic mass is 10.2. The molecule has 0 fully saturated rings. The van der Waals surface area contributed by atoms with Crippen LogP contribution in [0.15, 0.2) is 12.1 Å². The Balaban J connectivity index is 0.00000180. The molecule has 2 aromatic heterocycles. The molecule has 18 heavy (non-hydrogen) atoms. The first kappa shape index (κ1) is 11.8. The molecule has 0 aliphatic rings. The van der Waals surface area contributed by atoms with Gasteiger partial charge in [0.1, 0.15) is 0 Å². The van der Waals surface area contributed by atoms with Gasteiger partial charge < -0.3 is 16.2 Å². The minimum absolute atomic E-state index is 0. The van der Waals surface area contributed by atoms with Crippen LogP contribution in [0.4, 0.5) is 10.5 Å². The van der Waals surface area contributed by atoms with Crippen LogP contribution in [0.5, 0.6) is 5.88 Å². The molecule has 0 spiro atoms. The summed E-state index contributed by atoms with van der Waals surface area (Å²) in [5.41, 5.74) is 12.7. The molecule has 0 saturated heterocycles. The van der Waals surface area contributed by atoms with Gasteiger partial charge in [0, 0.05) is 7.05 Å². The van der Waals surface area contributed by atoms with Crippen molar-refractivity contribution >= 4 is 11.8 Å². The summed E-state index contributed by atoms with van der Waals surface area (Å²) in [6.07, 6.45) is -0.936. The van der Waals surface area contributed by atoms with E-state index in [1.807, 2.05) is 0 Å². The van der Waals surface area contributed by atoms with E-state index in [4.69, 9.17) is 16.2 Å². The SMILES string of the molecule is Cc1nc(-c2nnn(C)c2OC(N)=O)ccc1N.[H+]. The molecule has 4 N–H and O–H groups in total. The lowest BCUT2D eigenvalue weighted by Crippen LogP contribution is -2.18. The highest BCUT2D eigenvalue weighted by Gasteiger charge is 2.18. The number of aromatic nitrogens is 4. The molecule has 0 radical (unpaired) electrons. The number of nitrogens with zero attached hydrogens (tertiary/aromatic N) is 4. The second-order valence-corrected chi connectivity index (χ2v) is 3.66. The van der Waals surface area contributed by atoms with E-state index in [0.717, 1.165) is 0 Å². The third-order valence-electron chi connectivity index (χ3n) is 2.34. The van der Waals surface area contributed by atoms with E-state index < -0.39 is 6.09 Å². The van der Waals surface area contributed by atoms with Crippen molar-refractivity contribution in [3.63, 3.8) is 0 Å². The normalized spacial score (nSPS) is 10.3. The van der Waals surface area contributed by atoms with Crippen molar-refractivity contribution < 1.29 is 11.0 Å². The van der Waals surface area contributed by atoms with Gasteiger partial charge in [0.25, 0.3) is 5.88 Å². The van der Waals surface area contributed by atoms with Crippen molar-refractivity contribution in [2.75, 3.05) is 5.73 Å². The molecule has 94 valence electrons. The molecule has 0 aromatic carbocycles. The Labute approximate surface area is 104 Å². The Kier molecular flexibility index (Phi) is 2.84. The average molecular weight is 249 g/mol. The summed E-state index contributed by atoms with van der Waals surface area (Å²) in [6.45, 7) is 1.77. The number of hydrogen-bond acceptors (Lipinski definition) is 6. The average Bonchev–Trinajstić information content (AvgIpc) is 2.64. The number of rotatable bonds is 2. The van der Waals surface area contributed by atoms with Crippen molar-refractivity contribution in [3.8, 4) is 17.3 Å². The van der Waals surface area contributed by atoms with Crippen LogP contribution in [-0.4, -0.2) is 26.1 Å². The number of carbonyl (C=O) groups is 1. The molecule has 2 aromatic rings. The van der Waals surface area contributed by atoms with Crippen LogP contribution in [0.1, 0.15) is 7.12 Å². The Morgan fingerprint density at radius 1 is 1.50 bits per heavy atom. The number of nitrogen functional groups attached to an aromatic ring is 1. The number of pyridine rings is 1. The van der Waals surface area contributed by atoms with Gasteiger partial charge in [-0.1, -0.05) is 5.21 Å². The lowest BCUT2D eigenvalue weighted by molar-refractivity contribution is 0.207. The Morgan fingerprint density at radius 2 is 2.22 bits per heavy atom. The van der Waals surface area contributed by atoms with E-state index in [-0.39, 0.29) is 7.31 Å². The van der Waals surface area contributed by atoms with Crippen LogP contribution < -0.4 is 16.2 Å². The Bertz CT molecular complexity index is 612. The van der Waals surface area contributed by atoms with Gasteiger partial charge >= 0.3 is 7.52 Å². The highest BCUT2D eigenvalue weighted by atomic mass is 16.6. The largest absolute Gasteiger partial charge is 1.00 e. The highest BCUT2D eigenvalue weighted by Crippen LogP contribution is 2.26. The van der Waals surface area contributed by atoms with Crippen LogP contribution in [0, 0.1) is 6.92 Å². The fourth-order valence-corrected chi connectivity index (χ4v) is 1.42. The van der Waals surface area contributed by atoms with Crippen molar-refractivity contribution in [1.29, 1.82) is 0 Å². The molecule has 8 heteroatoms. The van der Waals surface area contributed by atoms with Crippen molar-refractivity contribution in [2.45, 2.75) is 6.92 Å². The first-order valence-electron chi connectivity index (χ1n) is 5.09. The Morgan fingerprint density at radius 3 is 2.83 bits per heavy atom. The minimum atomic E-state index is -0.936. The van der Waals surface area contributed by atoms with Gasteiger partial charge in [0.15, 0.2) is 5.69 Å². The maximum atomic E-state index is 10.8. The fourth-order valence-electron chi connectivity index (χ4n) is 1.42. The molecule has 2 rings (SSSR count). The molecular weight excluding hydrogens is 236 g/mol. The topological polar surface area (TPSA) is 122 Å². The first-order valence-corrected chi connectivity index (χ1v) is 5.09. The van der Waals surface area contributed by atoms with Crippen LogP contribution in [0.3, 0.4) is 0 Å². The third kappa shape index (κ3) is 2.08. The Hall–Kier alpha value is -2.64. The third-order valence-corrected chi connectivity index (χ3v) is 2.34. The smallest absolute Gasteiger partial charge is 0.397 e. The lowest BCUT2D eigenvalue weighted by Gasteiger charge is -2.04. The molecule has 0 bridgehead atoms. The number of nitrogens with two attached hydrogens (primary N) is 2. The highest BCUT2D eigenvalue weighted by molar-refractivity contribution is 5.71. The van der Waals surface area contributed by atoms with Crippen LogP contribution in [-0.2, 0) is 7.05 Å². The molecular formula is C10H13N6O2+. The quantitative estimate of drug-likeness (QED) is 0.791. The van der Waals surface area contributed by atoms with Crippen molar-refractivity contribution in [1.82, 2.24) is 20.0 Å². The van der Waals surface area contributed by atoms with E-state index in [1.54, 1.807) is 26.1 Å². The van der Waals surface area contributed by atoms with Gasteiger partial charge in [-0.05, 0) is 19.1 Å². The number of aryl methyl sites for hydroxylation is 2.